The first-order valence-corrected chi connectivity index (χ1v) is 13.5. The van der Waals surface area contributed by atoms with E-state index in [0.717, 1.165) is 80.1 Å². The molecule has 7 nitrogen and oxygen atoms in total. The third kappa shape index (κ3) is 7.35. The number of nitrogens with zero attached hydrogens (tertiary/aromatic N) is 3. The van der Waals surface area contributed by atoms with Gasteiger partial charge in [0.15, 0.2) is 0 Å². The highest BCUT2D eigenvalue weighted by atomic mass is 19.1. The molecule has 0 spiro atoms. The molecule has 0 unspecified atom stereocenters. The van der Waals surface area contributed by atoms with Crippen molar-refractivity contribution in [2.45, 2.75) is 38.5 Å². The number of aliphatic carboxylic acids is 1. The molecular weight excluding hydrogens is 502 g/mol. The van der Waals surface area contributed by atoms with Gasteiger partial charge in [-0.3, -0.25) is 9.78 Å². The summed E-state index contributed by atoms with van der Waals surface area (Å²) in [6.45, 7) is 2.87. The number of carboxylic acid groups (broad SMARTS) is 1. The van der Waals surface area contributed by atoms with Gasteiger partial charge in [0.25, 0.3) is 0 Å². The second-order valence-electron chi connectivity index (χ2n) is 10.8. The molecule has 1 aromatic heterocycles. The first kappa shape index (κ1) is 28.5. The van der Waals surface area contributed by atoms with E-state index in [-0.39, 0.29) is 11.8 Å². The van der Waals surface area contributed by atoms with E-state index in [2.05, 4.69) is 20.1 Å². The minimum atomic E-state index is -0.758. The zero-order valence-corrected chi connectivity index (χ0v) is 23.0. The largest absolute Gasteiger partial charge is 0.497 e. The molecule has 39 heavy (non-hydrogen) atoms. The highest BCUT2D eigenvalue weighted by Crippen LogP contribution is 2.41. The Balaban J connectivity index is 1.38. The van der Waals surface area contributed by atoms with E-state index in [4.69, 9.17) is 4.74 Å². The number of likely N-dealkylation sites (tertiary alicyclic amines) is 1. The fourth-order valence-electron chi connectivity index (χ4n) is 5.73. The number of methoxy groups -OCH3 is 1. The molecule has 2 N–H and O–H groups in total. The summed E-state index contributed by atoms with van der Waals surface area (Å²) in [5.74, 6) is -1.18. The Labute approximate surface area is 228 Å². The van der Waals surface area contributed by atoms with Crippen molar-refractivity contribution in [3.63, 3.8) is 0 Å². The number of anilines is 2. The maximum Gasteiger partial charge on any atom is 0.303 e. The highest BCUT2D eigenvalue weighted by molar-refractivity contribution is 5.88. The summed E-state index contributed by atoms with van der Waals surface area (Å²) in [7, 11) is 5.67. The number of piperidine rings is 1. The third-order valence-electron chi connectivity index (χ3n) is 7.84. The van der Waals surface area contributed by atoms with Gasteiger partial charge < -0.3 is 25.0 Å². The molecule has 2 heterocycles. The van der Waals surface area contributed by atoms with E-state index in [1.54, 1.807) is 7.11 Å². The molecule has 0 radical (unpaired) electrons. The van der Waals surface area contributed by atoms with Crippen molar-refractivity contribution in [3.8, 4) is 5.75 Å². The molecule has 210 valence electrons. The van der Waals surface area contributed by atoms with Crippen LogP contribution in [0.3, 0.4) is 0 Å². The number of rotatable bonds is 12. The molecule has 1 aliphatic rings. The number of benzene rings is 2. The molecule has 3 aromatic rings. The number of hydrogen-bond acceptors (Lipinski definition) is 6. The number of hydrogen-bond donors (Lipinski definition) is 2. The number of nitrogens with one attached hydrogen (secondary N) is 1. The van der Waals surface area contributed by atoms with Gasteiger partial charge in [-0.15, -0.1) is 0 Å². The predicted octanol–water partition coefficient (Wildman–Crippen LogP) is 5.58. The normalized spacial score (nSPS) is 15.3. The van der Waals surface area contributed by atoms with Crippen molar-refractivity contribution < 1.29 is 23.4 Å². The first-order chi connectivity index (χ1) is 18.7. The Kier molecular flexibility index (Phi) is 9.22. The number of aromatic nitrogens is 1. The van der Waals surface area contributed by atoms with Crippen LogP contribution in [0.1, 0.15) is 37.7 Å². The average Bonchev–Trinajstić information content (AvgIpc) is 2.88. The van der Waals surface area contributed by atoms with Crippen molar-refractivity contribution in [1.82, 2.24) is 9.88 Å². The molecule has 1 saturated heterocycles. The van der Waals surface area contributed by atoms with Gasteiger partial charge in [-0.05, 0) is 86.5 Å². The van der Waals surface area contributed by atoms with Crippen LogP contribution in [0, 0.1) is 17.0 Å². The second kappa shape index (κ2) is 12.6. The summed E-state index contributed by atoms with van der Waals surface area (Å²) >= 11 is 0. The van der Waals surface area contributed by atoms with Crippen LogP contribution in [-0.4, -0.2) is 68.3 Å². The lowest BCUT2D eigenvalue weighted by atomic mass is 9.72. The number of carboxylic acids is 1. The van der Waals surface area contributed by atoms with Crippen LogP contribution in [0.5, 0.6) is 5.75 Å². The van der Waals surface area contributed by atoms with Crippen molar-refractivity contribution in [2.24, 2.45) is 5.41 Å². The fourth-order valence-corrected chi connectivity index (χ4v) is 5.73. The minimum absolute atomic E-state index is 0.160. The van der Waals surface area contributed by atoms with Gasteiger partial charge in [-0.25, -0.2) is 8.78 Å². The second-order valence-corrected chi connectivity index (χ2v) is 10.8. The Morgan fingerprint density at radius 2 is 1.87 bits per heavy atom. The summed E-state index contributed by atoms with van der Waals surface area (Å²) < 4.78 is 32.3. The van der Waals surface area contributed by atoms with Gasteiger partial charge in [0.05, 0.1) is 30.9 Å². The van der Waals surface area contributed by atoms with Crippen molar-refractivity contribution >= 4 is 28.2 Å². The van der Waals surface area contributed by atoms with Crippen LogP contribution < -0.4 is 15.0 Å². The maximum absolute atomic E-state index is 13.4. The standard InChI is InChI=1S/C30H38F2N4O3/c1-35(2)28-20-34-27-7-6-24(39-3)18-26(27)25(28)5-4-8-30(19-29(37)38)9-12-36(13-10-30)14-11-33-23-16-21(31)15-22(32)17-23/h6-7,15-18,20,33H,4-5,8-14,19H2,1-3H3,(H,37,38). The molecule has 0 aliphatic carbocycles. The molecule has 0 atom stereocenters. The van der Waals surface area contributed by atoms with Gasteiger partial charge in [-0.1, -0.05) is 0 Å². The van der Waals surface area contributed by atoms with Crippen LogP contribution in [0.25, 0.3) is 10.9 Å². The summed E-state index contributed by atoms with van der Waals surface area (Å²) in [5, 5.41) is 13.9. The van der Waals surface area contributed by atoms with Crippen molar-refractivity contribution in [1.29, 1.82) is 0 Å². The van der Waals surface area contributed by atoms with Crippen LogP contribution in [0.15, 0.2) is 42.6 Å². The maximum atomic E-state index is 13.4. The van der Waals surface area contributed by atoms with Crippen LogP contribution >= 0.6 is 0 Å². The molecule has 1 fully saturated rings. The Bertz CT molecular complexity index is 1270. The highest BCUT2D eigenvalue weighted by Gasteiger charge is 2.36. The van der Waals surface area contributed by atoms with Crippen molar-refractivity contribution in [2.75, 3.05) is 57.6 Å². The number of ether oxygens (including phenoxy) is 1. The van der Waals surface area contributed by atoms with Crippen molar-refractivity contribution in [3.05, 3.63) is 59.8 Å². The third-order valence-corrected chi connectivity index (χ3v) is 7.84. The SMILES string of the molecule is COc1ccc2ncc(N(C)C)c(CCCC3(CC(=O)O)CCN(CCNc4cc(F)cc(F)c4)CC3)c2c1. The van der Waals surface area contributed by atoms with Crippen LogP contribution in [0.2, 0.25) is 0 Å². The smallest absolute Gasteiger partial charge is 0.303 e. The predicted molar refractivity (Wildman–Crippen MR) is 151 cm³/mol. The number of pyridine rings is 1. The zero-order chi connectivity index (χ0) is 28.0. The average molecular weight is 541 g/mol. The monoisotopic (exact) mass is 540 g/mol. The molecule has 9 heteroatoms. The Morgan fingerprint density at radius 3 is 2.51 bits per heavy atom. The van der Waals surface area contributed by atoms with Gasteiger partial charge in [0.1, 0.15) is 17.4 Å². The van der Waals surface area contributed by atoms with Crippen LogP contribution in [0.4, 0.5) is 20.2 Å². The first-order valence-electron chi connectivity index (χ1n) is 13.5. The molecule has 0 bridgehead atoms. The topological polar surface area (TPSA) is 77.9 Å². The molecule has 0 saturated carbocycles. The quantitative estimate of drug-likeness (QED) is 0.311. The van der Waals surface area contributed by atoms with Gasteiger partial charge in [-0.2, -0.15) is 0 Å². The van der Waals surface area contributed by atoms with E-state index in [0.29, 0.717) is 12.2 Å². The lowest BCUT2D eigenvalue weighted by Crippen LogP contribution is -2.43. The fraction of sp³-hybridized carbons (Fsp3) is 0.467. The van der Waals surface area contributed by atoms with Gasteiger partial charge >= 0.3 is 5.97 Å². The number of fused-ring (bicyclic) bond motifs is 1. The lowest BCUT2D eigenvalue weighted by Gasteiger charge is -2.41. The summed E-state index contributed by atoms with van der Waals surface area (Å²) in [4.78, 5) is 20.8. The Morgan fingerprint density at radius 1 is 1.15 bits per heavy atom. The number of carbonyl (C=O) groups is 1. The number of halogens is 2. The van der Waals surface area contributed by atoms with E-state index in [9.17, 15) is 18.7 Å². The molecule has 1 aliphatic heterocycles. The van der Waals surface area contributed by atoms with E-state index in [1.807, 2.05) is 38.5 Å². The van der Waals surface area contributed by atoms with Crippen LogP contribution in [-0.2, 0) is 11.2 Å². The molecular formula is C30H38F2N4O3. The van der Waals surface area contributed by atoms with E-state index < -0.39 is 17.6 Å². The van der Waals surface area contributed by atoms with E-state index >= 15 is 0 Å². The van der Waals surface area contributed by atoms with E-state index in [1.165, 1.54) is 17.7 Å². The molecule has 0 amide bonds. The molecule has 4 rings (SSSR count). The minimum Gasteiger partial charge on any atom is -0.497 e. The van der Waals surface area contributed by atoms with Gasteiger partial charge in [0, 0.05) is 44.3 Å². The summed E-state index contributed by atoms with van der Waals surface area (Å²) in [6, 6.07) is 9.33. The summed E-state index contributed by atoms with van der Waals surface area (Å²) in [6.07, 6.45) is 6.19. The molecule has 2 aromatic carbocycles. The zero-order valence-electron chi connectivity index (χ0n) is 23.0. The van der Waals surface area contributed by atoms with Gasteiger partial charge in [0.2, 0.25) is 0 Å². The summed E-state index contributed by atoms with van der Waals surface area (Å²) in [5.41, 5.74) is 3.35. The lowest BCUT2D eigenvalue weighted by molar-refractivity contribution is -0.140. The Hall–Kier alpha value is -3.46. The number of aryl methyl sites for hydroxylation is 1.